The Kier molecular flexibility index (Phi) is 2.86. The van der Waals surface area contributed by atoms with Gasteiger partial charge in [0, 0.05) is 29.4 Å². The monoisotopic (exact) mass is 281 g/mol. The smallest absolute Gasteiger partial charge is 0.251 e. The molecule has 4 rings (SSSR count). The molecular weight excluding hydrogens is 262 g/mol. The zero-order valence-electron chi connectivity index (χ0n) is 11.8. The van der Waals surface area contributed by atoms with Crippen LogP contribution in [0.15, 0.2) is 36.4 Å². The van der Waals surface area contributed by atoms with Gasteiger partial charge in [-0.1, -0.05) is 12.1 Å². The van der Waals surface area contributed by atoms with E-state index in [1.54, 1.807) is 0 Å². The van der Waals surface area contributed by atoms with E-state index < -0.39 is 0 Å². The van der Waals surface area contributed by atoms with Gasteiger partial charge in [0.2, 0.25) is 0 Å². The maximum absolute atomic E-state index is 12.4. The van der Waals surface area contributed by atoms with E-state index in [1.165, 1.54) is 12.8 Å². The van der Waals surface area contributed by atoms with Crippen LogP contribution in [-0.4, -0.2) is 24.0 Å². The number of nitrogen functional groups attached to an aromatic ring is 1. The summed E-state index contributed by atoms with van der Waals surface area (Å²) in [5.41, 5.74) is 7.24. The van der Waals surface area contributed by atoms with Crippen LogP contribution in [0.2, 0.25) is 0 Å². The summed E-state index contributed by atoms with van der Waals surface area (Å²) < 4.78 is 0. The first-order chi connectivity index (χ1) is 10.2. The third-order valence-electron chi connectivity index (χ3n) is 4.74. The minimum Gasteiger partial charge on any atom is -0.399 e. The van der Waals surface area contributed by atoms with Crippen molar-refractivity contribution in [3.05, 3.63) is 42.0 Å². The Labute approximate surface area is 123 Å². The van der Waals surface area contributed by atoms with Crippen molar-refractivity contribution in [1.82, 2.24) is 10.6 Å². The van der Waals surface area contributed by atoms with Gasteiger partial charge in [0.15, 0.2) is 0 Å². The molecule has 3 unspecified atom stereocenters. The van der Waals surface area contributed by atoms with Crippen LogP contribution < -0.4 is 16.4 Å². The lowest BCUT2D eigenvalue weighted by Gasteiger charge is -2.21. The van der Waals surface area contributed by atoms with Crippen molar-refractivity contribution in [2.45, 2.75) is 37.4 Å². The molecule has 0 aliphatic carbocycles. The van der Waals surface area contributed by atoms with E-state index in [0.717, 1.165) is 22.9 Å². The number of anilines is 1. The quantitative estimate of drug-likeness (QED) is 0.738. The van der Waals surface area contributed by atoms with E-state index in [9.17, 15) is 4.79 Å². The van der Waals surface area contributed by atoms with Crippen molar-refractivity contribution in [3.63, 3.8) is 0 Å². The average molecular weight is 281 g/mol. The van der Waals surface area contributed by atoms with Crippen molar-refractivity contribution in [1.29, 1.82) is 0 Å². The number of hydrogen-bond donors (Lipinski definition) is 3. The molecule has 108 valence electrons. The Balaban J connectivity index is 1.56. The van der Waals surface area contributed by atoms with Gasteiger partial charge in [-0.3, -0.25) is 4.79 Å². The summed E-state index contributed by atoms with van der Waals surface area (Å²) in [5, 5.41) is 8.82. The molecule has 3 atom stereocenters. The minimum atomic E-state index is 0.0127. The highest BCUT2D eigenvalue weighted by Gasteiger charge is 2.39. The number of hydrogen-bond acceptors (Lipinski definition) is 3. The van der Waals surface area contributed by atoms with Gasteiger partial charge >= 0.3 is 0 Å². The molecule has 0 saturated carbocycles. The van der Waals surface area contributed by atoms with Crippen molar-refractivity contribution >= 4 is 22.4 Å². The van der Waals surface area contributed by atoms with E-state index >= 15 is 0 Å². The molecule has 2 saturated heterocycles. The molecule has 4 heteroatoms. The van der Waals surface area contributed by atoms with E-state index in [-0.39, 0.29) is 11.9 Å². The van der Waals surface area contributed by atoms with Crippen molar-refractivity contribution in [3.8, 4) is 0 Å². The molecular formula is C17H19N3O. The third kappa shape index (κ3) is 2.25. The predicted octanol–water partition coefficient (Wildman–Crippen LogP) is 2.04. The summed E-state index contributed by atoms with van der Waals surface area (Å²) in [6, 6.07) is 12.9. The SMILES string of the molecule is Nc1ccc2ccc(C(=O)NC3CC4CCC3N4)cc2c1. The molecule has 1 amide bonds. The van der Waals surface area contributed by atoms with Gasteiger partial charge in [-0.15, -0.1) is 0 Å². The van der Waals surface area contributed by atoms with Gasteiger partial charge in [-0.05, 0) is 54.3 Å². The molecule has 0 radical (unpaired) electrons. The average Bonchev–Trinajstić information content (AvgIpc) is 3.09. The molecule has 2 heterocycles. The van der Waals surface area contributed by atoms with Gasteiger partial charge < -0.3 is 16.4 Å². The zero-order chi connectivity index (χ0) is 14.4. The van der Waals surface area contributed by atoms with Crippen LogP contribution >= 0.6 is 0 Å². The summed E-state index contributed by atoms with van der Waals surface area (Å²) >= 11 is 0. The van der Waals surface area contributed by atoms with Gasteiger partial charge in [-0.2, -0.15) is 0 Å². The summed E-state index contributed by atoms with van der Waals surface area (Å²) in [7, 11) is 0. The number of benzene rings is 2. The van der Waals surface area contributed by atoms with Crippen LogP contribution in [-0.2, 0) is 0 Å². The standard InChI is InChI=1S/C17H19N3O/c18-13-4-3-10-1-2-11(7-12(10)8-13)17(21)20-16-9-14-5-6-15(16)19-14/h1-4,7-8,14-16,19H,5-6,9,18H2,(H,20,21). The molecule has 2 aliphatic rings. The molecule has 21 heavy (non-hydrogen) atoms. The van der Waals surface area contributed by atoms with Crippen molar-refractivity contribution in [2.75, 3.05) is 5.73 Å². The number of carbonyl (C=O) groups is 1. The Hall–Kier alpha value is -2.07. The molecule has 0 spiro atoms. The maximum atomic E-state index is 12.4. The molecule has 2 aromatic rings. The predicted molar refractivity (Wildman–Crippen MR) is 84.2 cm³/mol. The lowest BCUT2D eigenvalue weighted by molar-refractivity contribution is 0.0931. The Morgan fingerprint density at radius 2 is 2.00 bits per heavy atom. The van der Waals surface area contributed by atoms with E-state index in [4.69, 9.17) is 5.73 Å². The molecule has 2 fully saturated rings. The third-order valence-corrected chi connectivity index (χ3v) is 4.74. The first kappa shape index (κ1) is 12.7. The second-order valence-electron chi connectivity index (χ2n) is 6.18. The molecule has 2 bridgehead atoms. The van der Waals surface area contributed by atoms with E-state index in [2.05, 4.69) is 10.6 Å². The highest BCUT2D eigenvalue weighted by atomic mass is 16.1. The lowest BCUT2D eigenvalue weighted by atomic mass is 9.95. The van der Waals surface area contributed by atoms with Gasteiger partial charge in [0.05, 0.1) is 0 Å². The first-order valence-electron chi connectivity index (χ1n) is 7.55. The molecule has 2 aliphatic heterocycles. The minimum absolute atomic E-state index is 0.0127. The molecule has 4 nitrogen and oxygen atoms in total. The summed E-state index contributed by atoms with van der Waals surface area (Å²) in [5.74, 6) is 0.0127. The largest absolute Gasteiger partial charge is 0.399 e. The van der Waals surface area contributed by atoms with Crippen LogP contribution in [0.25, 0.3) is 10.8 Å². The number of nitrogens with two attached hydrogens (primary N) is 1. The maximum Gasteiger partial charge on any atom is 0.251 e. The summed E-state index contributed by atoms with van der Waals surface area (Å²) in [6.07, 6.45) is 3.47. The number of amides is 1. The highest BCUT2D eigenvalue weighted by molar-refractivity contribution is 5.99. The van der Waals surface area contributed by atoms with Crippen LogP contribution in [0.1, 0.15) is 29.6 Å². The molecule has 2 aromatic carbocycles. The Morgan fingerprint density at radius 3 is 2.76 bits per heavy atom. The summed E-state index contributed by atoms with van der Waals surface area (Å²) in [4.78, 5) is 12.4. The fraction of sp³-hybridized carbons (Fsp3) is 0.353. The fourth-order valence-electron chi connectivity index (χ4n) is 3.64. The molecule has 0 aromatic heterocycles. The van der Waals surface area contributed by atoms with E-state index in [1.807, 2.05) is 36.4 Å². The Morgan fingerprint density at radius 1 is 1.14 bits per heavy atom. The normalized spacial score (nSPS) is 27.1. The Bertz CT molecular complexity index is 712. The second kappa shape index (κ2) is 4.74. The zero-order valence-corrected chi connectivity index (χ0v) is 11.8. The topological polar surface area (TPSA) is 67.2 Å². The van der Waals surface area contributed by atoms with Gasteiger partial charge in [-0.25, -0.2) is 0 Å². The van der Waals surface area contributed by atoms with Crippen molar-refractivity contribution < 1.29 is 4.79 Å². The summed E-state index contributed by atoms with van der Waals surface area (Å²) in [6.45, 7) is 0. The van der Waals surface area contributed by atoms with Gasteiger partial charge in [0.25, 0.3) is 5.91 Å². The van der Waals surface area contributed by atoms with E-state index in [0.29, 0.717) is 17.6 Å². The number of nitrogens with one attached hydrogen (secondary N) is 2. The van der Waals surface area contributed by atoms with Crippen LogP contribution in [0.3, 0.4) is 0 Å². The van der Waals surface area contributed by atoms with Crippen LogP contribution in [0, 0.1) is 0 Å². The van der Waals surface area contributed by atoms with Crippen LogP contribution in [0.5, 0.6) is 0 Å². The van der Waals surface area contributed by atoms with Gasteiger partial charge in [0.1, 0.15) is 0 Å². The highest BCUT2D eigenvalue weighted by Crippen LogP contribution is 2.28. The number of rotatable bonds is 2. The molecule has 4 N–H and O–H groups in total. The second-order valence-corrected chi connectivity index (χ2v) is 6.18. The lowest BCUT2D eigenvalue weighted by Crippen LogP contribution is -2.42. The first-order valence-corrected chi connectivity index (χ1v) is 7.55. The van der Waals surface area contributed by atoms with Crippen LogP contribution in [0.4, 0.5) is 5.69 Å². The number of fused-ring (bicyclic) bond motifs is 3. The van der Waals surface area contributed by atoms with Crippen molar-refractivity contribution in [2.24, 2.45) is 0 Å². The fourth-order valence-corrected chi connectivity index (χ4v) is 3.64. The number of carbonyl (C=O) groups excluding carboxylic acids is 1.